The molecule has 0 aliphatic carbocycles. The summed E-state index contributed by atoms with van der Waals surface area (Å²) in [6.07, 6.45) is -0.0458. The highest BCUT2D eigenvalue weighted by molar-refractivity contribution is 5.67. The second-order valence-corrected chi connectivity index (χ2v) is 7.01. The lowest BCUT2D eigenvalue weighted by Crippen LogP contribution is -2.41. The van der Waals surface area contributed by atoms with Gasteiger partial charge in [0, 0.05) is 19.0 Å². The van der Waals surface area contributed by atoms with Crippen LogP contribution in [0, 0.1) is 0 Å². The van der Waals surface area contributed by atoms with Gasteiger partial charge in [0.1, 0.15) is 5.60 Å². The number of aromatic nitrogens is 4. The highest BCUT2D eigenvalue weighted by atomic mass is 16.6. The molecule has 120 valence electrons. The third-order valence-electron chi connectivity index (χ3n) is 2.41. The fraction of sp³-hybridized carbons (Fsp3) is 0.846. The van der Waals surface area contributed by atoms with Gasteiger partial charge in [-0.3, -0.25) is 0 Å². The second-order valence-electron chi connectivity index (χ2n) is 7.01. The molecule has 0 saturated carbocycles. The van der Waals surface area contributed by atoms with Gasteiger partial charge in [-0.2, -0.15) is 4.80 Å². The first-order chi connectivity index (χ1) is 9.47. The zero-order valence-corrected chi connectivity index (χ0v) is 13.7. The number of nitrogens with two attached hydrogens (primary N) is 1. The van der Waals surface area contributed by atoms with Crippen molar-refractivity contribution in [3.8, 4) is 0 Å². The van der Waals surface area contributed by atoms with Crippen molar-refractivity contribution in [3.05, 3.63) is 5.82 Å². The average molecular weight is 298 g/mol. The molecule has 1 unspecified atom stereocenters. The number of carbonyl (C=O) groups excluding carboxylic acids is 1. The summed E-state index contributed by atoms with van der Waals surface area (Å²) in [5, 5.41) is 14.9. The van der Waals surface area contributed by atoms with E-state index in [2.05, 4.69) is 20.7 Å². The average Bonchev–Trinajstić information content (AvgIpc) is 2.72. The Morgan fingerprint density at radius 3 is 2.43 bits per heavy atom. The molecule has 0 aliphatic heterocycles. The van der Waals surface area contributed by atoms with Crippen LogP contribution in [0.15, 0.2) is 0 Å². The van der Waals surface area contributed by atoms with Crippen molar-refractivity contribution >= 4 is 6.09 Å². The summed E-state index contributed by atoms with van der Waals surface area (Å²) in [5.74, 6) is 0.559. The van der Waals surface area contributed by atoms with Crippen molar-refractivity contribution in [1.82, 2.24) is 25.5 Å². The molecule has 0 fully saturated rings. The van der Waals surface area contributed by atoms with Crippen molar-refractivity contribution in [2.24, 2.45) is 5.73 Å². The molecule has 1 rings (SSSR count). The Labute approximate surface area is 125 Å². The molecule has 1 atom stereocenters. The molecule has 0 saturated heterocycles. The van der Waals surface area contributed by atoms with E-state index in [9.17, 15) is 4.79 Å². The Morgan fingerprint density at radius 1 is 1.33 bits per heavy atom. The van der Waals surface area contributed by atoms with Gasteiger partial charge in [0.05, 0.1) is 5.54 Å². The van der Waals surface area contributed by atoms with E-state index in [1.807, 2.05) is 20.8 Å². The van der Waals surface area contributed by atoms with Crippen molar-refractivity contribution < 1.29 is 9.53 Å². The maximum Gasteiger partial charge on any atom is 0.407 e. The number of nitrogens with one attached hydrogen (secondary N) is 1. The monoisotopic (exact) mass is 298 g/mol. The number of nitrogens with zero attached hydrogens (tertiary/aromatic N) is 4. The van der Waals surface area contributed by atoms with E-state index in [-0.39, 0.29) is 11.6 Å². The summed E-state index contributed by atoms with van der Waals surface area (Å²) in [7, 11) is 0. The van der Waals surface area contributed by atoms with E-state index in [0.29, 0.717) is 18.8 Å². The molecule has 8 heteroatoms. The van der Waals surface area contributed by atoms with Gasteiger partial charge in [-0.05, 0) is 46.8 Å². The van der Waals surface area contributed by atoms with Gasteiger partial charge in [-0.1, -0.05) is 0 Å². The minimum absolute atomic E-state index is 0.218. The van der Waals surface area contributed by atoms with Crippen LogP contribution in [0.25, 0.3) is 0 Å². The quantitative estimate of drug-likeness (QED) is 0.852. The highest BCUT2D eigenvalue weighted by Gasteiger charge is 2.19. The predicted octanol–water partition coefficient (Wildman–Crippen LogP) is 0.823. The molecule has 1 aromatic rings. The van der Waals surface area contributed by atoms with Crippen molar-refractivity contribution in [2.45, 2.75) is 65.1 Å². The zero-order valence-electron chi connectivity index (χ0n) is 13.7. The minimum atomic E-state index is -0.523. The van der Waals surface area contributed by atoms with Crippen LogP contribution in [0.2, 0.25) is 0 Å². The molecule has 8 nitrogen and oxygen atoms in total. The maximum absolute atomic E-state index is 11.5. The fourth-order valence-corrected chi connectivity index (χ4v) is 1.44. The minimum Gasteiger partial charge on any atom is -0.444 e. The van der Waals surface area contributed by atoms with Crippen LogP contribution in [-0.4, -0.2) is 44.5 Å². The lowest BCUT2D eigenvalue weighted by atomic mass is 10.1. The van der Waals surface area contributed by atoms with Crippen LogP contribution in [0.5, 0.6) is 0 Å². The lowest BCUT2D eigenvalue weighted by molar-refractivity contribution is 0.0524. The van der Waals surface area contributed by atoms with Gasteiger partial charge in [-0.15, -0.1) is 10.2 Å². The molecule has 0 bridgehead atoms. The molecule has 1 amide bonds. The SMILES string of the molecule is CC(C)(C)OC(=O)NCC(N)Cc1nnn(C(C)(C)C)n1. The molecule has 0 aromatic carbocycles. The van der Waals surface area contributed by atoms with Crippen molar-refractivity contribution in [2.75, 3.05) is 6.54 Å². The largest absolute Gasteiger partial charge is 0.444 e. The summed E-state index contributed by atoms with van der Waals surface area (Å²) in [4.78, 5) is 13.1. The Balaban J connectivity index is 2.42. The molecule has 3 N–H and O–H groups in total. The lowest BCUT2D eigenvalue weighted by Gasteiger charge is -2.20. The summed E-state index contributed by atoms with van der Waals surface area (Å²) in [5.41, 5.74) is 5.21. The summed E-state index contributed by atoms with van der Waals surface area (Å²) in [6, 6.07) is -0.296. The van der Waals surface area contributed by atoms with Gasteiger partial charge in [0.2, 0.25) is 0 Å². The first-order valence-electron chi connectivity index (χ1n) is 6.99. The second kappa shape index (κ2) is 6.38. The van der Waals surface area contributed by atoms with Crippen LogP contribution in [0.3, 0.4) is 0 Å². The highest BCUT2D eigenvalue weighted by Crippen LogP contribution is 2.09. The van der Waals surface area contributed by atoms with Gasteiger partial charge in [-0.25, -0.2) is 4.79 Å². The molecule has 1 heterocycles. The number of ether oxygens (including phenoxy) is 1. The Bertz CT molecular complexity index is 472. The first kappa shape index (κ1) is 17.4. The molecule has 1 aromatic heterocycles. The molecule has 0 aliphatic rings. The third-order valence-corrected chi connectivity index (χ3v) is 2.41. The number of carbonyl (C=O) groups is 1. The number of hydrogen-bond donors (Lipinski definition) is 2. The molecule has 0 spiro atoms. The number of alkyl carbamates (subject to hydrolysis) is 1. The van der Waals surface area contributed by atoms with Crippen molar-refractivity contribution in [1.29, 1.82) is 0 Å². The number of tetrazole rings is 1. The van der Waals surface area contributed by atoms with E-state index in [1.54, 1.807) is 25.6 Å². The first-order valence-corrected chi connectivity index (χ1v) is 6.99. The Hall–Kier alpha value is -1.70. The van der Waals surface area contributed by atoms with Crippen LogP contribution in [0.1, 0.15) is 47.4 Å². The summed E-state index contributed by atoms with van der Waals surface area (Å²) in [6.45, 7) is 11.7. The zero-order chi connectivity index (χ0) is 16.3. The van der Waals surface area contributed by atoms with Crippen LogP contribution >= 0.6 is 0 Å². The molecule has 0 radical (unpaired) electrons. The van der Waals surface area contributed by atoms with E-state index >= 15 is 0 Å². The van der Waals surface area contributed by atoms with E-state index in [0.717, 1.165) is 0 Å². The number of rotatable bonds is 4. The standard InChI is InChI=1S/C13H26N6O2/c1-12(2,3)19-17-10(16-18-19)7-9(14)8-15-11(20)21-13(4,5)6/h9H,7-8,14H2,1-6H3,(H,15,20). The van der Waals surface area contributed by atoms with Crippen LogP contribution in [-0.2, 0) is 16.7 Å². The maximum atomic E-state index is 11.5. The van der Waals surface area contributed by atoms with Gasteiger partial charge < -0.3 is 15.8 Å². The number of hydrogen-bond acceptors (Lipinski definition) is 6. The molecule has 21 heavy (non-hydrogen) atoms. The third kappa shape index (κ3) is 6.52. The topological polar surface area (TPSA) is 108 Å². The van der Waals surface area contributed by atoms with Gasteiger partial charge >= 0.3 is 6.09 Å². The smallest absolute Gasteiger partial charge is 0.407 e. The fourth-order valence-electron chi connectivity index (χ4n) is 1.44. The Morgan fingerprint density at radius 2 is 1.95 bits per heavy atom. The van der Waals surface area contributed by atoms with Crippen LogP contribution in [0.4, 0.5) is 4.79 Å². The summed E-state index contributed by atoms with van der Waals surface area (Å²) < 4.78 is 5.13. The summed E-state index contributed by atoms with van der Waals surface area (Å²) >= 11 is 0. The predicted molar refractivity (Wildman–Crippen MR) is 78.7 cm³/mol. The normalized spacial score (nSPS) is 13.9. The molecular weight excluding hydrogens is 272 g/mol. The van der Waals surface area contributed by atoms with Crippen molar-refractivity contribution in [3.63, 3.8) is 0 Å². The van der Waals surface area contributed by atoms with Gasteiger partial charge in [0.25, 0.3) is 0 Å². The van der Waals surface area contributed by atoms with Crippen LogP contribution < -0.4 is 11.1 Å². The van der Waals surface area contributed by atoms with E-state index in [1.165, 1.54) is 0 Å². The Kier molecular flexibility index (Phi) is 5.27. The number of amides is 1. The van der Waals surface area contributed by atoms with Gasteiger partial charge in [0.15, 0.2) is 5.82 Å². The van der Waals surface area contributed by atoms with E-state index < -0.39 is 11.7 Å². The molecular formula is C13H26N6O2. The van der Waals surface area contributed by atoms with E-state index in [4.69, 9.17) is 10.5 Å².